The molecular formula is C29H48. The maximum atomic E-state index is 2.46. The molecule has 0 N–H and O–H groups in total. The minimum atomic E-state index is 0.839. The molecule has 0 heterocycles. The molecule has 0 radical (unpaired) electrons. The molecule has 0 nitrogen and oxygen atoms in total. The molecular weight excluding hydrogens is 348 g/mol. The van der Waals surface area contributed by atoms with Gasteiger partial charge >= 0.3 is 0 Å². The van der Waals surface area contributed by atoms with Crippen LogP contribution in [0.2, 0.25) is 0 Å². The van der Waals surface area contributed by atoms with Gasteiger partial charge in [-0.2, -0.15) is 0 Å². The molecule has 0 atom stereocenters. The zero-order valence-corrected chi connectivity index (χ0v) is 19.6. The normalized spacial score (nSPS) is 27.8. The summed E-state index contributed by atoms with van der Waals surface area (Å²) in [5.74, 6) is 4.00. The average molecular weight is 397 g/mol. The van der Waals surface area contributed by atoms with E-state index in [9.17, 15) is 0 Å². The van der Waals surface area contributed by atoms with Gasteiger partial charge in [0.15, 0.2) is 0 Å². The molecule has 0 aromatic heterocycles. The number of benzene rings is 1. The Morgan fingerprint density at radius 2 is 1.21 bits per heavy atom. The second kappa shape index (κ2) is 12.8. The molecule has 0 spiro atoms. The Bertz CT molecular complexity index is 526. The summed E-state index contributed by atoms with van der Waals surface area (Å²) >= 11 is 0. The van der Waals surface area contributed by atoms with Gasteiger partial charge in [-0.25, -0.2) is 0 Å². The lowest BCUT2D eigenvalue weighted by Gasteiger charge is -2.38. The van der Waals surface area contributed by atoms with Crippen LogP contribution in [0.1, 0.15) is 134 Å². The first-order chi connectivity index (χ1) is 14.3. The highest BCUT2D eigenvalue weighted by atomic mass is 14.4. The highest BCUT2D eigenvalue weighted by molar-refractivity contribution is 5.26. The summed E-state index contributed by atoms with van der Waals surface area (Å²) in [4.78, 5) is 0. The van der Waals surface area contributed by atoms with E-state index in [4.69, 9.17) is 0 Å². The van der Waals surface area contributed by atoms with Crippen molar-refractivity contribution in [2.24, 2.45) is 17.8 Å². The molecule has 2 aliphatic carbocycles. The van der Waals surface area contributed by atoms with Crippen molar-refractivity contribution in [2.45, 2.75) is 129 Å². The monoisotopic (exact) mass is 396 g/mol. The number of unbranched alkanes of at least 4 members (excludes halogenated alkanes) is 5. The van der Waals surface area contributed by atoms with E-state index in [0.717, 1.165) is 23.7 Å². The summed E-state index contributed by atoms with van der Waals surface area (Å²) in [5.41, 5.74) is 3.18. The van der Waals surface area contributed by atoms with Gasteiger partial charge in [0, 0.05) is 0 Å². The van der Waals surface area contributed by atoms with E-state index in [2.05, 4.69) is 38.1 Å². The van der Waals surface area contributed by atoms with Crippen LogP contribution < -0.4 is 0 Å². The van der Waals surface area contributed by atoms with Crippen LogP contribution in [0.4, 0.5) is 0 Å². The Balaban J connectivity index is 1.36. The molecule has 29 heavy (non-hydrogen) atoms. The van der Waals surface area contributed by atoms with Crippen molar-refractivity contribution >= 4 is 0 Å². The van der Waals surface area contributed by atoms with Crippen molar-refractivity contribution in [3.63, 3.8) is 0 Å². The van der Waals surface area contributed by atoms with Gasteiger partial charge in [0.2, 0.25) is 0 Å². The van der Waals surface area contributed by atoms with Gasteiger partial charge in [-0.15, -0.1) is 0 Å². The summed E-state index contributed by atoms with van der Waals surface area (Å²) in [6.45, 7) is 4.62. The predicted molar refractivity (Wildman–Crippen MR) is 129 cm³/mol. The summed E-state index contributed by atoms with van der Waals surface area (Å²) in [5, 5.41) is 0. The van der Waals surface area contributed by atoms with Crippen LogP contribution in [0.3, 0.4) is 0 Å². The second-order valence-electron chi connectivity index (χ2n) is 10.4. The van der Waals surface area contributed by atoms with Gasteiger partial charge in [0.1, 0.15) is 0 Å². The van der Waals surface area contributed by atoms with Crippen LogP contribution in [0.25, 0.3) is 0 Å². The van der Waals surface area contributed by atoms with Crippen molar-refractivity contribution in [1.82, 2.24) is 0 Å². The zero-order chi connectivity index (χ0) is 20.3. The maximum absolute atomic E-state index is 2.46. The fourth-order valence-electron chi connectivity index (χ4n) is 6.27. The third kappa shape index (κ3) is 7.45. The van der Waals surface area contributed by atoms with Crippen LogP contribution >= 0.6 is 0 Å². The molecule has 0 aliphatic heterocycles. The molecule has 1 aromatic carbocycles. The van der Waals surface area contributed by atoms with Crippen LogP contribution in [-0.4, -0.2) is 0 Å². The van der Waals surface area contributed by atoms with Gasteiger partial charge in [-0.1, -0.05) is 95.9 Å². The molecule has 0 saturated heterocycles. The first kappa shape index (κ1) is 22.9. The minimum Gasteiger partial charge on any atom is -0.0654 e. The third-order valence-electron chi connectivity index (χ3n) is 8.32. The van der Waals surface area contributed by atoms with E-state index in [1.54, 1.807) is 24.0 Å². The third-order valence-corrected chi connectivity index (χ3v) is 8.32. The highest BCUT2D eigenvalue weighted by Gasteiger charge is 2.31. The molecule has 2 fully saturated rings. The van der Waals surface area contributed by atoms with Crippen molar-refractivity contribution in [2.75, 3.05) is 0 Å². The lowest BCUT2D eigenvalue weighted by atomic mass is 9.68. The molecule has 0 amide bonds. The largest absolute Gasteiger partial charge is 0.0654 e. The highest BCUT2D eigenvalue weighted by Crippen LogP contribution is 2.44. The lowest BCUT2D eigenvalue weighted by molar-refractivity contribution is 0.155. The molecule has 2 saturated carbocycles. The summed E-state index contributed by atoms with van der Waals surface area (Å²) < 4.78 is 0. The Morgan fingerprint density at radius 1 is 0.621 bits per heavy atom. The summed E-state index contributed by atoms with van der Waals surface area (Å²) in [6, 6.07) is 9.77. The molecule has 0 heteroatoms. The Hall–Kier alpha value is -0.780. The predicted octanol–water partition coefficient (Wildman–Crippen LogP) is 9.47. The van der Waals surface area contributed by atoms with Crippen LogP contribution in [0.15, 0.2) is 24.3 Å². The zero-order valence-electron chi connectivity index (χ0n) is 19.6. The van der Waals surface area contributed by atoms with Crippen LogP contribution in [0, 0.1) is 17.8 Å². The summed E-state index contributed by atoms with van der Waals surface area (Å²) in [7, 11) is 0. The number of aryl methyl sites for hydroxylation is 1. The number of hydrogen-bond acceptors (Lipinski definition) is 0. The van der Waals surface area contributed by atoms with Crippen molar-refractivity contribution in [3.8, 4) is 0 Å². The SMILES string of the molecule is CCCCCCc1ccc(C2CCC(C3CCC(CCCCC)CC3)CC2)cc1. The molecule has 3 rings (SSSR count). The van der Waals surface area contributed by atoms with Gasteiger partial charge < -0.3 is 0 Å². The first-order valence-electron chi connectivity index (χ1n) is 13.4. The fraction of sp³-hybridized carbons (Fsp3) is 0.793. The lowest BCUT2D eigenvalue weighted by Crippen LogP contribution is -2.25. The van der Waals surface area contributed by atoms with Gasteiger partial charge in [-0.05, 0) is 86.2 Å². The van der Waals surface area contributed by atoms with E-state index in [-0.39, 0.29) is 0 Å². The van der Waals surface area contributed by atoms with Crippen molar-refractivity contribution in [3.05, 3.63) is 35.4 Å². The molecule has 1 aromatic rings. The standard InChI is InChI=1S/C29H48/c1-3-5-7-9-11-25-14-18-27(19-15-25)29-22-20-28(21-23-29)26-16-12-24(13-17-26)10-8-6-4-2/h14-15,18-19,24,26,28-29H,3-13,16-17,20-23H2,1-2H3. The molecule has 164 valence electrons. The van der Waals surface area contributed by atoms with Crippen LogP contribution in [-0.2, 0) is 6.42 Å². The molecule has 0 unspecified atom stereocenters. The molecule has 0 bridgehead atoms. The molecule has 2 aliphatic rings. The van der Waals surface area contributed by atoms with E-state index in [0.29, 0.717) is 0 Å². The average Bonchev–Trinajstić information content (AvgIpc) is 2.78. The van der Waals surface area contributed by atoms with Crippen molar-refractivity contribution in [1.29, 1.82) is 0 Å². The Morgan fingerprint density at radius 3 is 1.83 bits per heavy atom. The Kier molecular flexibility index (Phi) is 10.1. The van der Waals surface area contributed by atoms with E-state index in [1.807, 2.05) is 0 Å². The Labute approximate surface area is 182 Å². The minimum absolute atomic E-state index is 0.839. The summed E-state index contributed by atoms with van der Waals surface area (Å²) in [6.07, 6.45) is 24.6. The fourth-order valence-corrected chi connectivity index (χ4v) is 6.27. The second-order valence-corrected chi connectivity index (χ2v) is 10.4. The number of hydrogen-bond donors (Lipinski definition) is 0. The first-order valence-corrected chi connectivity index (χ1v) is 13.4. The topological polar surface area (TPSA) is 0 Å². The van der Waals surface area contributed by atoms with Gasteiger partial charge in [0.25, 0.3) is 0 Å². The van der Waals surface area contributed by atoms with Crippen LogP contribution in [0.5, 0.6) is 0 Å². The quantitative estimate of drug-likeness (QED) is 0.327. The maximum Gasteiger partial charge on any atom is -0.0162 e. The van der Waals surface area contributed by atoms with Gasteiger partial charge in [-0.3, -0.25) is 0 Å². The smallest absolute Gasteiger partial charge is 0.0162 e. The van der Waals surface area contributed by atoms with Crippen molar-refractivity contribution < 1.29 is 0 Å². The van der Waals surface area contributed by atoms with E-state index < -0.39 is 0 Å². The van der Waals surface area contributed by atoms with E-state index >= 15 is 0 Å². The van der Waals surface area contributed by atoms with Gasteiger partial charge in [0.05, 0.1) is 0 Å². The van der Waals surface area contributed by atoms with E-state index in [1.165, 1.54) is 96.3 Å². The number of rotatable bonds is 11.